The molecule has 5 rings (SSSR count). The third-order valence-electron chi connectivity index (χ3n) is 6.41. The third-order valence-corrected chi connectivity index (χ3v) is 6.41. The summed E-state index contributed by atoms with van der Waals surface area (Å²) in [5, 5.41) is 3.00. The molecule has 1 aliphatic rings. The van der Waals surface area contributed by atoms with Crippen LogP contribution in [0.4, 0.5) is 5.69 Å². The number of aromatic nitrogens is 2. The molecule has 1 aliphatic heterocycles. The van der Waals surface area contributed by atoms with Crippen LogP contribution in [-0.4, -0.2) is 59.0 Å². The fourth-order valence-electron chi connectivity index (χ4n) is 4.66. The van der Waals surface area contributed by atoms with E-state index in [1.54, 1.807) is 10.6 Å². The molecule has 4 aromatic rings. The van der Waals surface area contributed by atoms with Crippen LogP contribution >= 0.6 is 0 Å². The Hall–Kier alpha value is -3.58. The lowest BCUT2D eigenvalue weighted by Crippen LogP contribution is -2.47. The van der Waals surface area contributed by atoms with Gasteiger partial charge in [0, 0.05) is 44.6 Å². The van der Waals surface area contributed by atoms with Crippen LogP contribution in [0.2, 0.25) is 0 Å². The Labute approximate surface area is 192 Å². The Kier molecular flexibility index (Phi) is 6.13. The molecule has 1 saturated heterocycles. The molecule has 2 aromatic carbocycles. The second-order valence-corrected chi connectivity index (χ2v) is 8.51. The number of anilines is 1. The highest BCUT2D eigenvalue weighted by Gasteiger charge is 2.17. The quantitative estimate of drug-likeness (QED) is 0.446. The summed E-state index contributed by atoms with van der Waals surface area (Å²) in [5.41, 5.74) is 3.39. The number of benzene rings is 2. The minimum Gasteiger partial charge on any atom is -0.369 e. The maximum Gasteiger partial charge on any atom is 0.275 e. The zero-order valence-electron chi connectivity index (χ0n) is 18.7. The average molecular weight is 444 g/mol. The van der Waals surface area contributed by atoms with Crippen molar-refractivity contribution in [2.24, 2.45) is 0 Å². The van der Waals surface area contributed by atoms with E-state index < -0.39 is 0 Å². The molecule has 1 fully saturated rings. The topological polar surface area (TPSA) is 62.0 Å². The van der Waals surface area contributed by atoms with Gasteiger partial charge in [0.15, 0.2) is 0 Å². The first-order valence-electron chi connectivity index (χ1n) is 11.6. The van der Waals surface area contributed by atoms with Crippen molar-refractivity contribution in [3.05, 3.63) is 83.3 Å². The van der Waals surface area contributed by atoms with Crippen molar-refractivity contribution in [1.82, 2.24) is 19.2 Å². The lowest BCUT2D eigenvalue weighted by Gasteiger charge is -2.36. The molecular weight excluding hydrogens is 414 g/mol. The van der Waals surface area contributed by atoms with Crippen molar-refractivity contribution in [1.29, 1.82) is 0 Å². The monoisotopic (exact) mass is 443 g/mol. The Morgan fingerprint density at radius 1 is 0.818 bits per heavy atom. The van der Waals surface area contributed by atoms with Crippen molar-refractivity contribution in [2.75, 3.05) is 44.2 Å². The van der Waals surface area contributed by atoms with Crippen molar-refractivity contribution in [3.8, 4) is 0 Å². The van der Waals surface area contributed by atoms with Gasteiger partial charge in [-0.2, -0.15) is 0 Å². The van der Waals surface area contributed by atoms with Gasteiger partial charge in [-0.05, 0) is 49.4 Å². The summed E-state index contributed by atoms with van der Waals surface area (Å²) in [6.45, 7) is 5.70. The molecule has 0 atom stereocenters. The molecule has 3 heterocycles. The highest BCUT2D eigenvalue weighted by Crippen LogP contribution is 2.16. The fraction of sp³-hybridized carbons (Fsp3) is 0.308. The maximum absolute atomic E-state index is 13.0. The van der Waals surface area contributed by atoms with Crippen molar-refractivity contribution in [2.45, 2.75) is 13.0 Å². The molecule has 0 unspecified atom stereocenters. The van der Waals surface area contributed by atoms with Gasteiger partial charge in [-0.25, -0.2) is 0 Å². The molecule has 7 heteroatoms. The largest absolute Gasteiger partial charge is 0.369 e. The number of amides is 1. The van der Waals surface area contributed by atoms with Gasteiger partial charge in [-0.1, -0.05) is 30.3 Å². The van der Waals surface area contributed by atoms with E-state index in [1.807, 2.05) is 47.0 Å². The van der Waals surface area contributed by atoms with Gasteiger partial charge in [0.1, 0.15) is 12.1 Å². The number of nitrogens with zero attached hydrogens (tertiary/aromatic N) is 4. The number of piperazine rings is 1. The van der Waals surface area contributed by atoms with E-state index in [1.165, 1.54) is 5.69 Å². The Morgan fingerprint density at radius 3 is 2.30 bits per heavy atom. The van der Waals surface area contributed by atoms with E-state index >= 15 is 0 Å². The predicted octanol–water partition coefficient (Wildman–Crippen LogP) is 2.58. The first-order chi connectivity index (χ1) is 16.2. The van der Waals surface area contributed by atoms with E-state index in [0.717, 1.165) is 50.2 Å². The number of carbonyl (C=O) groups excluding carboxylic acids is 1. The van der Waals surface area contributed by atoms with E-state index in [-0.39, 0.29) is 18.0 Å². The summed E-state index contributed by atoms with van der Waals surface area (Å²) < 4.78 is 3.45. The fourth-order valence-corrected chi connectivity index (χ4v) is 4.66. The van der Waals surface area contributed by atoms with E-state index in [4.69, 9.17) is 0 Å². The number of rotatable bonds is 7. The normalized spacial score (nSPS) is 14.7. The average Bonchev–Trinajstić information content (AvgIpc) is 3.36. The lowest BCUT2D eigenvalue weighted by molar-refractivity contribution is -0.121. The van der Waals surface area contributed by atoms with Crippen LogP contribution in [0.25, 0.3) is 16.6 Å². The van der Waals surface area contributed by atoms with Crippen molar-refractivity contribution >= 4 is 28.1 Å². The van der Waals surface area contributed by atoms with E-state index in [2.05, 4.69) is 39.4 Å². The number of hydrogen-bond acceptors (Lipinski definition) is 4. The lowest BCUT2D eigenvalue weighted by atomic mass is 10.2. The van der Waals surface area contributed by atoms with Crippen LogP contribution in [-0.2, 0) is 11.3 Å². The highest BCUT2D eigenvalue weighted by atomic mass is 16.2. The summed E-state index contributed by atoms with van der Waals surface area (Å²) in [6.07, 6.45) is 2.77. The predicted molar refractivity (Wildman–Crippen MR) is 132 cm³/mol. The van der Waals surface area contributed by atoms with Crippen LogP contribution in [0.5, 0.6) is 0 Å². The maximum atomic E-state index is 13.0. The van der Waals surface area contributed by atoms with E-state index in [0.29, 0.717) is 12.1 Å². The van der Waals surface area contributed by atoms with Crippen molar-refractivity contribution in [3.63, 3.8) is 0 Å². The molecule has 1 amide bonds. The van der Waals surface area contributed by atoms with Crippen LogP contribution < -0.4 is 15.8 Å². The second kappa shape index (κ2) is 9.50. The summed E-state index contributed by atoms with van der Waals surface area (Å²) in [6, 6.07) is 21.9. The van der Waals surface area contributed by atoms with Gasteiger partial charge >= 0.3 is 0 Å². The van der Waals surface area contributed by atoms with Crippen LogP contribution in [0.1, 0.15) is 6.42 Å². The van der Waals surface area contributed by atoms with Gasteiger partial charge in [0.05, 0.1) is 11.0 Å². The van der Waals surface area contributed by atoms with Crippen LogP contribution in [0.3, 0.4) is 0 Å². The van der Waals surface area contributed by atoms with Gasteiger partial charge in [-0.15, -0.1) is 0 Å². The molecule has 33 heavy (non-hydrogen) atoms. The number of hydrogen-bond donors (Lipinski definition) is 1. The number of fused-ring (bicyclic) bond motifs is 3. The van der Waals surface area contributed by atoms with Crippen LogP contribution in [0.15, 0.2) is 77.7 Å². The SMILES string of the molecule is O=C(Cn1c(=O)c2cccn2c2ccccc21)NCCCN1CCN(c2ccccc2)CC1. The molecule has 0 aliphatic carbocycles. The van der Waals surface area contributed by atoms with Gasteiger partial charge in [-0.3, -0.25) is 19.1 Å². The summed E-state index contributed by atoms with van der Waals surface area (Å²) >= 11 is 0. The number of carbonyl (C=O) groups is 1. The summed E-state index contributed by atoms with van der Waals surface area (Å²) in [7, 11) is 0. The second-order valence-electron chi connectivity index (χ2n) is 8.51. The number of para-hydroxylation sites is 3. The molecule has 2 aromatic heterocycles. The van der Waals surface area contributed by atoms with Gasteiger partial charge < -0.3 is 14.6 Å². The molecule has 170 valence electrons. The van der Waals surface area contributed by atoms with Gasteiger partial charge in [0.25, 0.3) is 5.56 Å². The Balaban J connectivity index is 1.13. The molecule has 0 bridgehead atoms. The molecular formula is C26H29N5O2. The van der Waals surface area contributed by atoms with E-state index in [9.17, 15) is 9.59 Å². The minimum absolute atomic E-state index is 0.0246. The summed E-state index contributed by atoms with van der Waals surface area (Å²) in [5.74, 6) is -0.132. The molecule has 0 radical (unpaired) electrons. The Morgan fingerprint density at radius 2 is 1.52 bits per heavy atom. The zero-order chi connectivity index (χ0) is 22.6. The molecule has 1 N–H and O–H groups in total. The molecule has 0 spiro atoms. The first-order valence-corrected chi connectivity index (χ1v) is 11.6. The van der Waals surface area contributed by atoms with Crippen LogP contribution in [0, 0.1) is 0 Å². The molecule has 7 nitrogen and oxygen atoms in total. The number of nitrogens with one attached hydrogen (secondary N) is 1. The van der Waals surface area contributed by atoms with Crippen molar-refractivity contribution < 1.29 is 4.79 Å². The standard InChI is InChI=1S/C26H29N5O2/c32-25(20-31-23-11-5-4-10-22(23)30-15-6-12-24(30)26(31)33)27-13-7-14-28-16-18-29(19-17-28)21-8-2-1-3-9-21/h1-6,8-12,15H,7,13-14,16-20H2,(H,27,32). The van der Waals surface area contributed by atoms with Gasteiger partial charge in [0.2, 0.25) is 5.91 Å². The highest BCUT2D eigenvalue weighted by molar-refractivity contribution is 5.82. The minimum atomic E-state index is -0.148. The first kappa shape index (κ1) is 21.3. The smallest absolute Gasteiger partial charge is 0.275 e. The Bertz CT molecular complexity index is 1300. The summed E-state index contributed by atoms with van der Waals surface area (Å²) in [4.78, 5) is 30.5. The zero-order valence-corrected chi connectivity index (χ0v) is 18.7. The molecule has 0 saturated carbocycles. The third kappa shape index (κ3) is 4.50.